The van der Waals surface area contributed by atoms with Crippen LogP contribution < -0.4 is 11.1 Å². The number of nitrogens with two attached hydrogens (primary N) is 1. The summed E-state index contributed by atoms with van der Waals surface area (Å²) in [6, 6.07) is 7.81. The van der Waals surface area contributed by atoms with Crippen LogP contribution in [0.1, 0.15) is 12.5 Å². The summed E-state index contributed by atoms with van der Waals surface area (Å²) >= 11 is 0. The average Bonchev–Trinajstić information content (AvgIpc) is 2.10. The number of hydrogen-bond acceptors (Lipinski definition) is 2. The first kappa shape index (κ1) is 8.65. The summed E-state index contributed by atoms with van der Waals surface area (Å²) < 4.78 is 0. The van der Waals surface area contributed by atoms with Gasteiger partial charge in [-0.05, 0) is 13.0 Å². The molecule has 0 heterocycles. The van der Waals surface area contributed by atoms with Gasteiger partial charge in [-0.3, -0.25) is 0 Å². The second kappa shape index (κ2) is 3.81. The Kier molecular flexibility index (Phi) is 2.75. The van der Waals surface area contributed by atoms with Crippen LogP contribution in [-0.2, 0) is 0 Å². The molecule has 1 aromatic rings. The van der Waals surface area contributed by atoms with E-state index in [4.69, 9.17) is 5.73 Å². The second-order valence-electron chi connectivity index (χ2n) is 2.54. The van der Waals surface area contributed by atoms with E-state index >= 15 is 0 Å². The predicted octanol–water partition coefficient (Wildman–Crippen LogP) is 1.85. The van der Waals surface area contributed by atoms with E-state index in [2.05, 4.69) is 5.32 Å². The minimum atomic E-state index is 0.806. The Balaban J connectivity index is 3.10. The lowest BCUT2D eigenvalue weighted by molar-refractivity contribution is 1.12. The van der Waals surface area contributed by atoms with Crippen molar-refractivity contribution >= 4 is 11.4 Å². The molecule has 0 radical (unpaired) electrons. The molecule has 64 valence electrons. The highest BCUT2D eigenvalue weighted by atomic mass is 14.8. The molecule has 0 spiro atoms. The lowest BCUT2D eigenvalue weighted by Gasteiger charge is -2.08. The summed E-state index contributed by atoms with van der Waals surface area (Å²) in [6.07, 6.45) is 2.01. The van der Waals surface area contributed by atoms with Gasteiger partial charge in [0.15, 0.2) is 0 Å². The Bertz CT molecular complexity index is 290. The minimum absolute atomic E-state index is 0.806. The SMILES string of the molecule is C/C=C(/NC)c1ccccc1N. The molecule has 0 saturated carbocycles. The molecule has 0 bridgehead atoms. The third kappa shape index (κ3) is 1.59. The first-order valence-corrected chi connectivity index (χ1v) is 3.98. The molecule has 0 atom stereocenters. The zero-order valence-corrected chi connectivity index (χ0v) is 7.46. The molecular formula is C10H14N2. The van der Waals surface area contributed by atoms with Crippen molar-refractivity contribution in [3.05, 3.63) is 35.9 Å². The molecule has 3 N–H and O–H groups in total. The average molecular weight is 162 g/mol. The van der Waals surface area contributed by atoms with Crippen LogP contribution >= 0.6 is 0 Å². The molecule has 12 heavy (non-hydrogen) atoms. The molecule has 0 aliphatic heterocycles. The lowest BCUT2D eigenvalue weighted by atomic mass is 10.1. The summed E-state index contributed by atoms with van der Waals surface area (Å²) in [5, 5.41) is 3.09. The quantitative estimate of drug-likeness (QED) is 0.651. The molecule has 0 fully saturated rings. The van der Waals surface area contributed by atoms with Gasteiger partial charge in [-0.15, -0.1) is 0 Å². The van der Waals surface area contributed by atoms with Gasteiger partial charge in [0.1, 0.15) is 0 Å². The molecule has 0 aliphatic rings. The van der Waals surface area contributed by atoms with E-state index in [1.54, 1.807) is 0 Å². The zero-order chi connectivity index (χ0) is 8.97. The van der Waals surface area contributed by atoms with Crippen LogP contribution in [0.4, 0.5) is 5.69 Å². The number of hydrogen-bond donors (Lipinski definition) is 2. The summed E-state index contributed by atoms with van der Waals surface area (Å²) in [7, 11) is 1.89. The minimum Gasteiger partial charge on any atom is -0.398 e. The van der Waals surface area contributed by atoms with Gasteiger partial charge in [0.2, 0.25) is 0 Å². The predicted molar refractivity (Wildman–Crippen MR) is 53.6 cm³/mol. The summed E-state index contributed by atoms with van der Waals surface area (Å²) in [6.45, 7) is 1.98. The number of benzene rings is 1. The van der Waals surface area contributed by atoms with Crippen LogP contribution in [0, 0.1) is 0 Å². The molecule has 0 saturated heterocycles. The number of anilines is 1. The van der Waals surface area contributed by atoms with E-state index in [0.29, 0.717) is 0 Å². The van der Waals surface area contributed by atoms with E-state index in [0.717, 1.165) is 16.9 Å². The topological polar surface area (TPSA) is 38.0 Å². The molecule has 2 nitrogen and oxygen atoms in total. The van der Waals surface area contributed by atoms with E-state index in [9.17, 15) is 0 Å². The molecule has 0 aromatic heterocycles. The normalized spacial score (nSPS) is 11.3. The fraction of sp³-hybridized carbons (Fsp3) is 0.200. The van der Waals surface area contributed by atoms with Crippen LogP contribution in [-0.4, -0.2) is 7.05 Å². The summed E-state index contributed by atoms with van der Waals surface area (Å²) in [5.74, 6) is 0. The van der Waals surface area contributed by atoms with E-state index < -0.39 is 0 Å². The Morgan fingerprint density at radius 3 is 2.58 bits per heavy atom. The van der Waals surface area contributed by atoms with Crippen molar-refractivity contribution in [3.63, 3.8) is 0 Å². The standard InChI is InChI=1S/C10H14N2/c1-3-10(12-2)8-6-4-5-7-9(8)11/h3-7,12H,11H2,1-2H3/b10-3+. The Morgan fingerprint density at radius 1 is 1.42 bits per heavy atom. The van der Waals surface area contributed by atoms with Crippen molar-refractivity contribution in [1.82, 2.24) is 5.32 Å². The molecule has 1 aromatic carbocycles. The van der Waals surface area contributed by atoms with Gasteiger partial charge in [0, 0.05) is 24.0 Å². The van der Waals surface area contributed by atoms with Gasteiger partial charge < -0.3 is 11.1 Å². The van der Waals surface area contributed by atoms with E-state index in [1.165, 1.54) is 0 Å². The first-order valence-electron chi connectivity index (χ1n) is 3.98. The highest BCUT2D eigenvalue weighted by molar-refractivity contribution is 5.73. The summed E-state index contributed by atoms with van der Waals surface area (Å²) in [5.41, 5.74) is 8.72. The van der Waals surface area contributed by atoms with Crippen molar-refractivity contribution in [3.8, 4) is 0 Å². The van der Waals surface area contributed by atoms with Crippen LogP contribution in [0.2, 0.25) is 0 Å². The maximum absolute atomic E-state index is 5.79. The van der Waals surface area contributed by atoms with Crippen molar-refractivity contribution in [2.75, 3.05) is 12.8 Å². The molecule has 0 aliphatic carbocycles. The number of allylic oxidation sites excluding steroid dienone is 1. The number of para-hydroxylation sites is 1. The fourth-order valence-electron chi connectivity index (χ4n) is 1.18. The van der Waals surface area contributed by atoms with Crippen molar-refractivity contribution in [2.45, 2.75) is 6.92 Å². The molecular weight excluding hydrogens is 148 g/mol. The molecule has 2 heteroatoms. The van der Waals surface area contributed by atoms with Crippen molar-refractivity contribution in [2.24, 2.45) is 0 Å². The maximum atomic E-state index is 5.79. The van der Waals surface area contributed by atoms with Gasteiger partial charge in [0.05, 0.1) is 0 Å². The van der Waals surface area contributed by atoms with Gasteiger partial charge in [-0.2, -0.15) is 0 Å². The number of nitrogen functional groups attached to an aromatic ring is 1. The number of rotatable bonds is 2. The third-order valence-corrected chi connectivity index (χ3v) is 1.81. The first-order chi connectivity index (χ1) is 5.79. The third-order valence-electron chi connectivity index (χ3n) is 1.81. The lowest BCUT2D eigenvalue weighted by Crippen LogP contribution is -2.06. The van der Waals surface area contributed by atoms with E-state index in [-0.39, 0.29) is 0 Å². The Hall–Kier alpha value is -1.44. The second-order valence-corrected chi connectivity index (χ2v) is 2.54. The van der Waals surface area contributed by atoms with E-state index in [1.807, 2.05) is 44.3 Å². The van der Waals surface area contributed by atoms with Crippen LogP contribution in [0.5, 0.6) is 0 Å². The fourth-order valence-corrected chi connectivity index (χ4v) is 1.18. The van der Waals surface area contributed by atoms with Crippen LogP contribution in [0.3, 0.4) is 0 Å². The highest BCUT2D eigenvalue weighted by Gasteiger charge is 2.00. The Morgan fingerprint density at radius 2 is 2.08 bits per heavy atom. The Labute approximate surface area is 73.1 Å². The highest BCUT2D eigenvalue weighted by Crippen LogP contribution is 2.17. The van der Waals surface area contributed by atoms with Gasteiger partial charge in [0.25, 0.3) is 0 Å². The smallest absolute Gasteiger partial charge is 0.0408 e. The van der Waals surface area contributed by atoms with Crippen molar-refractivity contribution < 1.29 is 0 Å². The van der Waals surface area contributed by atoms with Gasteiger partial charge >= 0.3 is 0 Å². The maximum Gasteiger partial charge on any atom is 0.0408 e. The molecule has 1 rings (SSSR count). The van der Waals surface area contributed by atoms with Gasteiger partial charge in [-0.25, -0.2) is 0 Å². The molecule has 0 amide bonds. The van der Waals surface area contributed by atoms with Crippen LogP contribution in [0.25, 0.3) is 5.70 Å². The molecule has 0 unspecified atom stereocenters. The summed E-state index contributed by atoms with van der Waals surface area (Å²) in [4.78, 5) is 0. The van der Waals surface area contributed by atoms with Crippen LogP contribution in [0.15, 0.2) is 30.3 Å². The van der Waals surface area contributed by atoms with Crippen molar-refractivity contribution in [1.29, 1.82) is 0 Å². The van der Waals surface area contributed by atoms with Gasteiger partial charge in [-0.1, -0.05) is 24.3 Å². The monoisotopic (exact) mass is 162 g/mol. The zero-order valence-electron chi connectivity index (χ0n) is 7.46. The largest absolute Gasteiger partial charge is 0.398 e. The number of nitrogens with one attached hydrogen (secondary N) is 1.